The first-order valence-electron chi connectivity index (χ1n) is 7.73. The first-order chi connectivity index (χ1) is 11.5. The molecule has 7 heteroatoms. The van der Waals surface area contributed by atoms with Gasteiger partial charge in [0.1, 0.15) is 0 Å². The van der Waals surface area contributed by atoms with Crippen LogP contribution in [0.3, 0.4) is 0 Å². The molecule has 0 unspecified atom stereocenters. The molecule has 0 saturated carbocycles. The van der Waals surface area contributed by atoms with E-state index in [0.29, 0.717) is 37.6 Å². The molecule has 0 aliphatic carbocycles. The number of nitrogens with one attached hydrogen (secondary N) is 1. The molecule has 2 amide bonds. The lowest BCUT2D eigenvalue weighted by molar-refractivity contribution is -0.134. The van der Waals surface area contributed by atoms with Crippen LogP contribution in [0.4, 0.5) is 0 Å². The number of carbonyl (C=O) groups excluding carboxylic acids is 2. The van der Waals surface area contributed by atoms with Gasteiger partial charge in [0.25, 0.3) is 0 Å². The van der Waals surface area contributed by atoms with Crippen LogP contribution < -0.4 is 14.8 Å². The van der Waals surface area contributed by atoms with Gasteiger partial charge in [-0.1, -0.05) is 6.07 Å². The summed E-state index contributed by atoms with van der Waals surface area (Å²) in [5.41, 5.74) is 1.02. The van der Waals surface area contributed by atoms with E-state index >= 15 is 0 Å². The quantitative estimate of drug-likeness (QED) is 0.685. The Morgan fingerprint density at radius 3 is 2.42 bits per heavy atom. The highest BCUT2D eigenvalue weighted by molar-refractivity contribution is 5.83. The second kappa shape index (κ2) is 10.5. The third kappa shape index (κ3) is 6.45. The molecular formula is C17H26N2O5. The van der Waals surface area contributed by atoms with Crippen LogP contribution in [0.2, 0.25) is 0 Å². The van der Waals surface area contributed by atoms with Crippen molar-refractivity contribution in [2.45, 2.75) is 13.3 Å². The Morgan fingerprint density at radius 2 is 1.83 bits per heavy atom. The molecule has 24 heavy (non-hydrogen) atoms. The van der Waals surface area contributed by atoms with Gasteiger partial charge < -0.3 is 24.4 Å². The highest BCUT2D eigenvalue weighted by atomic mass is 16.5. The van der Waals surface area contributed by atoms with Crippen LogP contribution in [0.15, 0.2) is 18.2 Å². The van der Waals surface area contributed by atoms with Gasteiger partial charge in [-0.05, 0) is 24.1 Å². The second-order valence-electron chi connectivity index (χ2n) is 5.22. The summed E-state index contributed by atoms with van der Waals surface area (Å²) in [6.07, 6.45) is 0.657. The van der Waals surface area contributed by atoms with E-state index in [0.717, 1.165) is 5.56 Å². The standard InChI is InChI=1S/C17H26N2O5/c1-13(20)19(9-10-22-2)12-17(21)18-8-7-14-5-6-15(23-3)16(11-14)24-4/h5-6,11H,7-10,12H2,1-4H3,(H,18,21). The Hall–Kier alpha value is -2.28. The number of hydrogen-bond acceptors (Lipinski definition) is 5. The van der Waals surface area contributed by atoms with E-state index in [1.807, 2.05) is 18.2 Å². The molecule has 0 aromatic heterocycles. The van der Waals surface area contributed by atoms with E-state index in [1.54, 1.807) is 21.3 Å². The highest BCUT2D eigenvalue weighted by Gasteiger charge is 2.13. The zero-order chi connectivity index (χ0) is 17.9. The minimum Gasteiger partial charge on any atom is -0.493 e. The second-order valence-corrected chi connectivity index (χ2v) is 5.22. The zero-order valence-corrected chi connectivity index (χ0v) is 14.8. The van der Waals surface area contributed by atoms with Crippen LogP contribution in [0.5, 0.6) is 11.5 Å². The average molecular weight is 338 g/mol. The molecule has 0 spiro atoms. The van der Waals surface area contributed by atoms with E-state index in [2.05, 4.69) is 5.32 Å². The first kappa shape index (κ1) is 19.8. The number of rotatable bonds is 10. The Balaban J connectivity index is 2.46. The van der Waals surface area contributed by atoms with Gasteiger partial charge in [0, 0.05) is 27.1 Å². The minimum absolute atomic E-state index is 0.0324. The van der Waals surface area contributed by atoms with E-state index < -0.39 is 0 Å². The van der Waals surface area contributed by atoms with Gasteiger partial charge in [0.05, 0.1) is 27.4 Å². The SMILES string of the molecule is COCCN(CC(=O)NCCc1ccc(OC)c(OC)c1)C(C)=O. The number of ether oxygens (including phenoxy) is 3. The summed E-state index contributed by atoms with van der Waals surface area (Å²) in [5.74, 6) is 0.980. The maximum absolute atomic E-state index is 11.9. The molecule has 0 atom stereocenters. The van der Waals surface area contributed by atoms with Crippen molar-refractivity contribution in [3.05, 3.63) is 23.8 Å². The van der Waals surface area contributed by atoms with Crippen molar-refractivity contribution >= 4 is 11.8 Å². The average Bonchev–Trinajstić information content (AvgIpc) is 2.58. The minimum atomic E-state index is -0.193. The largest absolute Gasteiger partial charge is 0.493 e. The molecule has 1 rings (SSSR count). The molecule has 0 aliphatic rings. The number of carbonyl (C=O) groups is 2. The lowest BCUT2D eigenvalue weighted by Gasteiger charge is -2.20. The number of amides is 2. The third-order valence-corrected chi connectivity index (χ3v) is 3.53. The van der Waals surface area contributed by atoms with Crippen LogP contribution in [0, 0.1) is 0 Å². The van der Waals surface area contributed by atoms with Gasteiger partial charge in [-0.15, -0.1) is 0 Å². The molecule has 0 fully saturated rings. The van der Waals surface area contributed by atoms with Gasteiger partial charge in [0.2, 0.25) is 11.8 Å². The molecule has 0 radical (unpaired) electrons. The fraction of sp³-hybridized carbons (Fsp3) is 0.529. The Kier molecular flexibility index (Phi) is 8.64. The van der Waals surface area contributed by atoms with Crippen molar-refractivity contribution in [1.29, 1.82) is 0 Å². The number of benzene rings is 1. The Labute approximate surface area is 142 Å². The Morgan fingerprint density at radius 1 is 1.12 bits per heavy atom. The van der Waals surface area contributed by atoms with Crippen molar-refractivity contribution in [2.24, 2.45) is 0 Å². The summed E-state index contributed by atoms with van der Waals surface area (Å²) in [5, 5.41) is 2.81. The number of methoxy groups -OCH3 is 3. The maximum Gasteiger partial charge on any atom is 0.239 e. The normalized spacial score (nSPS) is 10.2. The summed E-state index contributed by atoms with van der Waals surface area (Å²) in [4.78, 5) is 24.9. The van der Waals surface area contributed by atoms with Gasteiger partial charge in [0.15, 0.2) is 11.5 Å². The van der Waals surface area contributed by atoms with Crippen molar-refractivity contribution in [3.8, 4) is 11.5 Å². The fourth-order valence-electron chi connectivity index (χ4n) is 2.16. The highest BCUT2D eigenvalue weighted by Crippen LogP contribution is 2.27. The molecule has 0 bridgehead atoms. The zero-order valence-electron chi connectivity index (χ0n) is 14.8. The van der Waals surface area contributed by atoms with Gasteiger partial charge in [-0.3, -0.25) is 9.59 Å². The van der Waals surface area contributed by atoms with Crippen LogP contribution in [-0.4, -0.2) is 64.3 Å². The topological polar surface area (TPSA) is 77.1 Å². The van der Waals surface area contributed by atoms with Crippen molar-refractivity contribution < 1.29 is 23.8 Å². The molecule has 1 N–H and O–H groups in total. The summed E-state index contributed by atoms with van der Waals surface area (Å²) in [6.45, 7) is 2.75. The molecular weight excluding hydrogens is 312 g/mol. The lowest BCUT2D eigenvalue weighted by Crippen LogP contribution is -2.41. The van der Waals surface area contributed by atoms with Gasteiger partial charge >= 0.3 is 0 Å². The van der Waals surface area contributed by atoms with E-state index in [-0.39, 0.29) is 18.4 Å². The molecule has 7 nitrogen and oxygen atoms in total. The van der Waals surface area contributed by atoms with Crippen LogP contribution in [-0.2, 0) is 20.7 Å². The van der Waals surface area contributed by atoms with E-state index in [1.165, 1.54) is 11.8 Å². The van der Waals surface area contributed by atoms with Crippen LogP contribution in [0.1, 0.15) is 12.5 Å². The van der Waals surface area contributed by atoms with Crippen molar-refractivity contribution in [3.63, 3.8) is 0 Å². The maximum atomic E-state index is 11.9. The summed E-state index contributed by atoms with van der Waals surface area (Å²) < 4.78 is 15.4. The van der Waals surface area contributed by atoms with Crippen LogP contribution >= 0.6 is 0 Å². The summed E-state index contributed by atoms with van der Waals surface area (Å²) >= 11 is 0. The van der Waals surface area contributed by atoms with Gasteiger partial charge in [-0.2, -0.15) is 0 Å². The smallest absolute Gasteiger partial charge is 0.239 e. The van der Waals surface area contributed by atoms with Crippen molar-refractivity contribution in [1.82, 2.24) is 10.2 Å². The van der Waals surface area contributed by atoms with Gasteiger partial charge in [-0.25, -0.2) is 0 Å². The van der Waals surface area contributed by atoms with Crippen LogP contribution in [0.25, 0.3) is 0 Å². The molecule has 1 aromatic carbocycles. The summed E-state index contributed by atoms with van der Waals surface area (Å²) in [7, 11) is 4.73. The molecule has 134 valence electrons. The monoisotopic (exact) mass is 338 g/mol. The fourth-order valence-corrected chi connectivity index (χ4v) is 2.16. The molecule has 0 saturated heterocycles. The lowest BCUT2D eigenvalue weighted by atomic mass is 10.1. The van der Waals surface area contributed by atoms with E-state index in [9.17, 15) is 9.59 Å². The molecule has 1 aromatic rings. The predicted molar refractivity (Wildman–Crippen MR) is 90.4 cm³/mol. The van der Waals surface area contributed by atoms with Crippen molar-refractivity contribution in [2.75, 3.05) is 47.6 Å². The predicted octanol–water partition coefficient (Wildman–Crippen LogP) is 0.857. The number of hydrogen-bond donors (Lipinski definition) is 1. The molecule has 0 aliphatic heterocycles. The first-order valence-corrected chi connectivity index (χ1v) is 7.73. The molecule has 0 heterocycles. The third-order valence-electron chi connectivity index (χ3n) is 3.53. The number of nitrogens with zero attached hydrogens (tertiary/aromatic N) is 1. The summed E-state index contributed by atoms with van der Waals surface area (Å²) in [6, 6.07) is 5.64. The Bertz CT molecular complexity index is 548. The van der Waals surface area contributed by atoms with E-state index in [4.69, 9.17) is 14.2 Å².